The fourth-order valence-corrected chi connectivity index (χ4v) is 6.49. The second-order valence-electron chi connectivity index (χ2n) is 11.1. The SMILES string of the molecule is CC(C)c1cc(F)ccc1N1CCSC1=NC(=O)NC1=C(c2ccc(-c3ncn(-c4ccc(OC(F)(F)F)cc4)n3)cc2)CCC1. The maximum atomic E-state index is 14.0. The van der Waals surface area contributed by atoms with Crippen molar-refractivity contribution >= 4 is 34.2 Å². The molecule has 6 rings (SSSR count). The van der Waals surface area contributed by atoms with Gasteiger partial charge in [0.1, 0.15) is 17.9 Å². The molecular weight excluding hydrogens is 620 g/mol. The summed E-state index contributed by atoms with van der Waals surface area (Å²) in [5, 5.41) is 8.07. The van der Waals surface area contributed by atoms with Crippen LogP contribution in [-0.2, 0) is 0 Å². The standard InChI is InChI=1S/C33H30F4N6O2S/c1-20(2)27-18-23(34)10-15-29(27)42-16-17-46-32(42)40-31(44)39-28-5-3-4-26(28)21-6-8-22(9-7-21)30-38-19-43(41-30)24-11-13-25(14-12-24)45-33(35,36)37/h6-15,18-20H,3-5,16-17H2,1-2H3,(H,39,44). The van der Waals surface area contributed by atoms with Crippen LogP contribution in [0.2, 0.25) is 0 Å². The van der Waals surface area contributed by atoms with Gasteiger partial charge in [-0.1, -0.05) is 49.9 Å². The van der Waals surface area contributed by atoms with Gasteiger partial charge in [-0.2, -0.15) is 4.99 Å². The van der Waals surface area contributed by atoms with Gasteiger partial charge in [0.05, 0.1) is 5.69 Å². The maximum Gasteiger partial charge on any atom is 0.573 e. The summed E-state index contributed by atoms with van der Waals surface area (Å²) in [6, 6.07) is 17.3. The molecule has 1 aliphatic heterocycles. The van der Waals surface area contributed by atoms with Gasteiger partial charge in [-0.05, 0) is 84.3 Å². The Morgan fingerprint density at radius 1 is 1.02 bits per heavy atom. The second-order valence-corrected chi connectivity index (χ2v) is 12.2. The van der Waals surface area contributed by atoms with Crippen LogP contribution in [0.5, 0.6) is 5.75 Å². The van der Waals surface area contributed by atoms with Crippen molar-refractivity contribution in [1.82, 2.24) is 20.1 Å². The summed E-state index contributed by atoms with van der Waals surface area (Å²) in [7, 11) is 0. The van der Waals surface area contributed by atoms with E-state index in [2.05, 4.69) is 25.1 Å². The van der Waals surface area contributed by atoms with Gasteiger partial charge in [-0.25, -0.2) is 18.9 Å². The normalized spacial score (nSPS) is 16.2. The van der Waals surface area contributed by atoms with Crippen molar-refractivity contribution in [1.29, 1.82) is 0 Å². The average Bonchev–Trinajstić information content (AvgIpc) is 3.79. The predicted molar refractivity (Wildman–Crippen MR) is 171 cm³/mol. The van der Waals surface area contributed by atoms with Crippen LogP contribution in [0.3, 0.4) is 0 Å². The number of carbonyl (C=O) groups is 1. The summed E-state index contributed by atoms with van der Waals surface area (Å²) >= 11 is 1.50. The fraction of sp³-hybridized carbons (Fsp3) is 0.273. The molecule has 13 heteroatoms. The van der Waals surface area contributed by atoms with Gasteiger partial charge < -0.3 is 15.0 Å². The van der Waals surface area contributed by atoms with Crippen LogP contribution < -0.4 is 15.0 Å². The van der Waals surface area contributed by atoms with Crippen LogP contribution in [0.1, 0.15) is 50.2 Å². The average molecular weight is 651 g/mol. The predicted octanol–water partition coefficient (Wildman–Crippen LogP) is 8.31. The number of benzene rings is 3. The molecule has 3 aromatic carbocycles. The molecule has 0 unspecified atom stereocenters. The highest BCUT2D eigenvalue weighted by atomic mass is 32.2. The van der Waals surface area contributed by atoms with E-state index in [0.29, 0.717) is 23.2 Å². The number of nitrogens with zero attached hydrogens (tertiary/aromatic N) is 5. The van der Waals surface area contributed by atoms with Crippen molar-refractivity contribution < 1.29 is 27.1 Å². The molecule has 0 atom stereocenters. The number of allylic oxidation sites excluding steroid dienone is 2. The first-order chi connectivity index (χ1) is 22.0. The molecular formula is C33H30F4N6O2S. The van der Waals surface area contributed by atoms with Gasteiger partial charge in [-0.3, -0.25) is 0 Å². The molecule has 1 aliphatic carbocycles. The molecule has 0 spiro atoms. The van der Waals surface area contributed by atoms with E-state index in [1.54, 1.807) is 12.1 Å². The molecule has 1 aromatic heterocycles. The molecule has 2 amide bonds. The highest BCUT2D eigenvalue weighted by molar-refractivity contribution is 8.14. The topological polar surface area (TPSA) is 84.6 Å². The van der Waals surface area contributed by atoms with E-state index < -0.39 is 12.4 Å². The monoisotopic (exact) mass is 650 g/mol. The van der Waals surface area contributed by atoms with Crippen molar-refractivity contribution in [2.24, 2.45) is 4.99 Å². The highest BCUT2D eigenvalue weighted by Crippen LogP contribution is 2.35. The molecule has 0 radical (unpaired) electrons. The molecule has 238 valence electrons. The number of hydrogen-bond donors (Lipinski definition) is 1. The van der Waals surface area contributed by atoms with Crippen LogP contribution in [0.15, 0.2) is 83.7 Å². The third kappa shape index (κ3) is 7.09. The number of hydrogen-bond acceptors (Lipinski definition) is 5. The lowest BCUT2D eigenvalue weighted by atomic mass is 10.0. The highest BCUT2D eigenvalue weighted by Gasteiger charge is 2.31. The lowest BCUT2D eigenvalue weighted by molar-refractivity contribution is -0.274. The van der Waals surface area contributed by atoms with Gasteiger partial charge in [0, 0.05) is 29.2 Å². The van der Waals surface area contributed by atoms with E-state index in [9.17, 15) is 22.4 Å². The quantitative estimate of drug-likeness (QED) is 0.203. The van der Waals surface area contributed by atoms with Gasteiger partial charge >= 0.3 is 12.4 Å². The van der Waals surface area contributed by atoms with Gasteiger partial charge in [0.25, 0.3) is 0 Å². The smallest absolute Gasteiger partial charge is 0.406 e. The van der Waals surface area contributed by atoms with Crippen LogP contribution >= 0.6 is 11.8 Å². The van der Waals surface area contributed by atoms with Gasteiger partial charge in [0.15, 0.2) is 11.0 Å². The molecule has 8 nitrogen and oxygen atoms in total. The number of amidine groups is 1. The second kappa shape index (κ2) is 13.0. The fourth-order valence-electron chi connectivity index (χ4n) is 5.54. The molecule has 46 heavy (non-hydrogen) atoms. The zero-order chi connectivity index (χ0) is 32.4. The molecule has 4 aromatic rings. The lowest BCUT2D eigenvalue weighted by Gasteiger charge is -2.23. The minimum absolute atomic E-state index is 0.109. The van der Waals surface area contributed by atoms with Crippen LogP contribution in [-0.4, -0.2) is 44.6 Å². The van der Waals surface area contributed by atoms with Crippen molar-refractivity contribution in [3.8, 4) is 22.8 Å². The van der Waals surface area contributed by atoms with Crippen LogP contribution in [0.25, 0.3) is 22.6 Å². The maximum absolute atomic E-state index is 14.0. The Morgan fingerprint density at radius 3 is 2.48 bits per heavy atom. The Kier molecular flexibility index (Phi) is 8.85. The van der Waals surface area contributed by atoms with Crippen LogP contribution in [0, 0.1) is 5.82 Å². The Labute approximate surface area is 267 Å². The van der Waals surface area contributed by atoms with Crippen molar-refractivity contribution in [2.75, 3.05) is 17.2 Å². The Hall–Kier alpha value is -4.65. The Bertz CT molecular complexity index is 1800. The number of ether oxygens (including phenoxy) is 1. The largest absolute Gasteiger partial charge is 0.573 e. The van der Waals surface area contributed by atoms with Crippen molar-refractivity contribution in [3.63, 3.8) is 0 Å². The van der Waals surface area contributed by atoms with Crippen molar-refractivity contribution in [3.05, 3.63) is 95.7 Å². The number of urea groups is 1. The molecule has 1 N–H and O–H groups in total. The number of amides is 2. The number of aliphatic imine (C=N–C) groups is 1. The van der Waals surface area contributed by atoms with E-state index in [0.717, 1.165) is 58.7 Å². The Balaban J connectivity index is 1.15. The first-order valence-electron chi connectivity index (χ1n) is 14.7. The Morgan fingerprint density at radius 2 is 1.76 bits per heavy atom. The number of halogens is 4. The molecule has 2 aliphatic rings. The zero-order valence-corrected chi connectivity index (χ0v) is 25.8. The minimum Gasteiger partial charge on any atom is -0.406 e. The van der Waals surface area contributed by atoms with Crippen LogP contribution in [0.4, 0.5) is 28.0 Å². The number of nitrogens with one attached hydrogen (secondary N) is 1. The van der Waals surface area contributed by atoms with E-state index in [1.165, 1.54) is 53.1 Å². The summed E-state index contributed by atoms with van der Waals surface area (Å²) in [5.74, 6) is 0.728. The van der Waals surface area contributed by atoms with E-state index in [-0.39, 0.29) is 17.5 Å². The number of thioether (sulfide) groups is 1. The molecule has 0 bridgehead atoms. The summed E-state index contributed by atoms with van der Waals surface area (Å²) in [6.07, 6.45) is -0.846. The molecule has 2 heterocycles. The number of anilines is 1. The minimum atomic E-state index is -4.76. The molecule has 1 fully saturated rings. The number of alkyl halides is 3. The third-order valence-corrected chi connectivity index (χ3v) is 8.63. The first kappa shape index (κ1) is 31.3. The molecule has 1 saturated heterocycles. The number of aromatic nitrogens is 3. The summed E-state index contributed by atoms with van der Waals surface area (Å²) < 4.78 is 56.7. The van der Waals surface area contributed by atoms with Gasteiger partial charge in [-0.15, -0.1) is 18.3 Å². The number of carbonyl (C=O) groups excluding carboxylic acids is 1. The van der Waals surface area contributed by atoms with Gasteiger partial charge in [0.2, 0.25) is 0 Å². The van der Waals surface area contributed by atoms with Crippen molar-refractivity contribution in [2.45, 2.75) is 45.4 Å². The van der Waals surface area contributed by atoms with E-state index in [4.69, 9.17) is 0 Å². The third-order valence-electron chi connectivity index (χ3n) is 7.67. The summed E-state index contributed by atoms with van der Waals surface area (Å²) in [6.45, 7) is 4.70. The molecule has 0 saturated carbocycles. The van der Waals surface area contributed by atoms with E-state index >= 15 is 0 Å². The zero-order valence-electron chi connectivity index (χ0n) is 25.0. The number of rotatable bonds is 7. The lowest BCUT2D eigenvalue weighted by Crippen LogP contribution is -2.28. The summed E-state index contributed by atoms with van der Waals surface area (Å²) in [5.41, 5.74) is 5.86. The summed E-state index contributed by atoms with van der Waals surface area (Å²) in [4.78, 5) is 23.8. The first-order valence-corrected chi connectivity index (χ1v) is 15.7. The van der Waals surface area contributed by atoms with E-state index in [1.807, 2.05) is 43.0 Å².